The molecule has 0 aliphatic heterocycles. The number of carbonyl (C=O) groups excluding carboxylic acids is 2. The summed E-state index contributed by atoms with van der Waals surface area (Å²) in [5, 5.41) is 0. The maximum Gasteiger partial charge on any atom is 0.515 e. The van der Waals surface area contributed by atoms with E-state index in [1.165, 1.54) is 0 Å². The third kappa shape index (κ3) is 2.87. The van der Waals surface area contributed by atoms with Gasteiger partial charge in [-0.1, -0.05) is 0 Å². The van der Waals surface area contributed by atoms with E-state index in [2.05, 4.69) is 28.9 Å². The topological polar surface area (TPSA) is 99.7 Å². The van der Waals surface area contributed by atoms with Gasteiger partial charge in [0.2, 0.25) is 0 Å². The largest absolute Gasteiger partial charge is 0.515 e. The zero-order valence-electron chi connectivity index (χ0n) is 8.90. The molecule has 0 unspecified atom stereocenters. The van der Waals surface area contributed by atoms with E-state index in [0.717, 1.165) is 14.2 Å². The summed E-state index contributed by atoms with van der Waals surface area (Å²) in [5.41, 5.74) is 0. The SMILES string of the molecule is COC(=O)Oc1nc(C)[nH]c1OC(=O)OC. The predicted molar refractivity (Wildman–Crippen MR) is 49.4 cm³/mol. The minimum absolute atomic E-state index is 0.130. The Kier molecular flexibility index (Phi) is 3.70. The van der Waals surface area contributed by atoms with Crippen molar-refractivity contribution in [3.8, 4) is 11.8 Å². The Bertz CT molecular complexity index is 364. The summed E-state index contributed by atoms with van der Waals surface area (Å²) >= 11 is 0. The van der Waals surface area contributed by atoms with Crippen LogP contribution < -0.4 is 9.47 Å². The van der Waals surface area contributed by atoms with Crippen molar-refractivity contribution < 1.29 is 28.5 Å². The number of hydrogen-bond donors (Lipinski definition) is 1. The van der Waals surface area contributed by atoms with Crippen molar-refractivity contribution in [3.05, 3.63) is 5.82 Å². The van der Waals surface area contributed by atoms with Gasteiger partial charge < -0.3 is 23.9 Å². The molecule has 1 N–H and O–H groups in total. The second kappa shape index (κ2) is 5.01. The minimum atomic E-state index is -0.971. The molecule has 0 bridgehead atoms. The van der Waals surface area contributed by atoms with Crippen LogP contribution in [0.4, 0.5) is 9.59 Å². The van der Waals surface area contributed by atoms with Crippen LogP contribution in [0, 0.1) is 6.92 Å². The fourth-order valence-corrected chi connectivity index (χ4v) is 0.833. The fraction of sp³-hybridized carbons (Fsp3) is 0.375. The Labute approximate surface area is 90.5 Å². The highest BCUT2D eigenvalue weighted by molar-refractivity contribution is 5.66. The highest BCUT2D eigenvalue weighted by Crippen LogP contribution is 2.24. The third-order valence-electron chi connectivity index (χ3n) is 1.46. The maximum atomic E-state index is 10.8. The number of hydrogen-bond acceptors (Lipinski definition) is 7. The highest BCUT2D eigenvalue weighted by atomic mass is 16.7. The molecule has 8 nitrogen and oxygen atoms in total. The van der Waals surface area contributed by atoms with Crippen molar-refractivity contribution in [1.29, 1.82) is 0 Å². The summed E-state index contributed by atoms with van der Waals surface area (Å²) in [6, 6.07) is 0. The summed E-state index contributed by atoms with van der Waals surface area (Å²) < 4.78 is 17.8. The summed E-state index contributed by atoms with van der Waals surface area (Å²) in [4.78, 5) is 28.0. The van der Waals surface area contributed by atoms with Gasteiger partial charge in [0, 0.05) is 0 Å². The van der Waals surface area contributed by atoms with Crippen molar-refractivity contribution in [1.82, 2.24) is 9.97 Å². The zero-order chi connectivity index (χ0) is 12.1. The van der Waals surface area contributed by atoms with E-state index in [1.54, 1.807) is 6.92 Å². The number of methoxy groups -OCH3 is 2. The number of aryl methyl sites for hydroxylation is 1. The van der Waals surface area contributed by atoms with Crippen LogP contribution in [0.25, 0.3) is 0 Å². The van der Waals surface area contributed by atoms with Gasteiger partial charge >= 0.3 is 12.3 Å². The Morgan fingerprint density at radius 2 is 1.69 bits per heavy atom. The molecule has 0 aliphatic carbocycles. The van der Waals surface area contributed by atoms with Gasteiger partial charge in [0.25, 0.3) is 11.8 Å². The fourth-order valence-electron chi connectivity index (χ4n) is 0.833. The number of carbonyl (C=O) groups is 2. The van der Waals surface area contributed by atoms with Gasteiger partial charge in [-0.15, -0.1) is 0 Å². The van der Waals surface area contributed by atoms with Crippen LogP contribution in [-0.2, 0) is 9.47 Å². The first kappa shape index (κ1) is 11.8. The van der Waals surface area contributed by atoms with Gasteiger partial charge in [-0.3, -0.25) is 0 Å². The summed E-state index contributed by atoms with van der Waals surface area (Å²) in [7, 11) is 2.29. The molecule has 8 heteroatoms. The maximum absolute atomic E-state index is 10.8. The van der Waals surface area contributed by atoms with Crippen molar-refractivity contribution in [2.45, 2.75) is 6.92 Å². The van der Waals surface area contributed by atoms with E-state index in [4.69, 9.17) is 0 Å². The second-order valence-electron chi connectivity index (χ2n) is 2.57. The summed E-state index contributed by atoms with van der Waals surface area (Å²) in [6.07, 6.45) is -1.93. The summed E-state index contributed by atoms with van der Waals surface area (Å²) in [5.74, 6) is 0.0716. The Balaban J connectivity index is 2.82. The zero-order valence-corrected chi connectivity index (χ0v) is 8.90. The first-order valence-corrected chi connectivity index (χ1v) is 4.15. The van der Waals surface area contributed by atoms with Crippen LogP contribution in [0.15, 0.2) is 0 Å². The van der Waals surface area contributed by atoms with Crippen LogP contribution in [0.1, 0.15) is 5.82 Å². The molecule has 0 radical (unpaired) electrons. The number of rotatable bonds is 2. The number of imidazole rings is 1. The molecule has 0 aliphatic rings. The van der Waals surface area contributed by atoms with Crippen LogP contribution in [-0.4, -0.2) is 36.5 Å². The second-order valence-corrected chi connectivity index (χ2v) is 2.57. The van der Waals surface area contributed by atoms with E-state index < -0.39 is 12.3 Å². The lowest BCUT2D eigenvalue weighted by atomic mass is 10.8. The smallest absolute Gasteiger partial charge is 0.437 e. The molecule has 0 aromatic carbocycles. The molecule has 1 aromatic rings. The first-order valence-electron chi connectivity index (χ1n) is 4.15. The van der Waals surface area contributed by atoms with Crippen molar-refractivity contribution in [3.63, 3.8) is 0 Å². The number of aromatic nitrogens is 2. The normalized spacial score (nSPS) is 9.44. The van der Waals surface area contributed by atoms with Gasteiger partial charge in [0.05, 0.1) is 14.2 Å². The lowest BCUT2D eigenvalue weighted by Gasteiger charge is -2.02. The van der Waals surface area contributed by atoms with E-state index >= 15 is 0 Å². The van der Waals surface area contributed by atoms with Gasteiger partial charge in [-0.2, -0.15) is 4.98 Å². The quantitative estimate of drug-likeness (QED) is 0.756. The van der Waals surface area contributed by atoms with E-state index in [-0.39, 0.29) is 11.8 Å². The van der Waals surface area contributed by atoms with Gasteiger partial charge in [-0.25, -0.2) is 9.59 Å². The van der Waals surface area contributed by atoms with Crippen LogP contribution in [0.5, 0.6) is 11.8 Å². The van der Waals surface area contributed by atoms with E-state index in [9.17, 15) is 9.59 Å². The molecule has 88 valence electrons. The molecule has 0 amide bonds. The van der Waals surface area contributed by atoms with Crippen molar-refractivity contribution in [2.24, 2.45) is 0 Å². The first-order chi connectivity index (χ1) is 7.56. The average Bonchev–Trinajstić information content (AvgIpc) is 2.58. The van der Waals surface area contributed by atoms with Crippen molar-refractivity contribution in [2.75, 3.05) is 14.2 Å². The molecular formula is C8H10N2O6. The third-order valence-corrected chi connectivity index (χ3v) is 1.46. The number of H-pyrrole nitrogens is 1. The van der Waals surface area contributed by atoms with E-state index in [0.29, 0.717) is 5.82 Å². The molecule has 1 heterocycles. The molecule has 16 heavy (non-hydrogen) atoms. The van der Waals surface area contributed by atoms with Gasteiger partial charge in [-0.05, 0) is 6.92 Å². The summed E-state index contributed by atoms with van der Waals surface area (Å²) in [6.45, 7) is 1.59. The molecule has 0 spiro atoms. The molecule has 0 saturated heterocycles. The Hall–Kier alpha value is -2.25. The van der Waals surface area contributed by atoms with Gasteiger partial charge in [0.15, 0.2) is 0 Å². The molecule has 1 aromatic heterocycles. The molecule has 0 atom stereocenters. The van der Waals surface area contributed by atoms with Crippen LogP contribution >= 0.6 is 0 Å². The Morgan fingerprint density at radius 3 is 2.25 bits per heavy atom. The standard InChI is InChI=1S/C8H10N2O6/c1-4-9-5(15-7(11)13-2)6(10-4)16-8(12)14-3/h1-3H3,(H,9,10). The average molecular weight is 230 g/mol. The highest BCUT2D eigenvalue weighted by Gasteiger charge is 2.18. The molecule has 0 saturated carbocycles. The van der Waals surface area contributed by atoms with Crippen molar-refractivity contribution >= 4 is 12.3 Å². The monoisotopic (exact) mass is 230 g/mol. The number of aromatic amines is 1. The van der Waals surface area contributed by atoms with Crippen LogP contribution in [0.3, 0.4) is 0 Å². The number of nitrogens with one attached hydrogen (secondary N) is 1. The molecule has 1 rings (SSSR count). The molecule has 0 fully saturated rings. The minimum Gasteiger partial charge on any atom is -0.437 e. The predicted octanol–water partition coefficient (Wildman–Crippen LogP) is 1.01. The molecular weight excluding hydrogens is 220 g/mol. The van der Waals surface area contributed by atoms with Crippen LogP contribution in [0.2, 0.25) is 0 Å². The van der Waals surface area contributed by atoms with E-state index in [1.807, 2.05) is 0 Å². The lowest BCUT2D eigenvalue weighted by Crippen LogP contribution is -2.11. The Morgan fingerprint density at radius 1 is 1.12 bits per heavy atom. The number of nitrogens with zero attached hydrogens (tertiary/aromatic N) is 1. The van der Waals surface area contributed by atoms with Gasteiger partial charge in [0.1, 0.15) is 5.82 Å². The number of ether oxygens (including phenoxy) is 4. The lowest BCUT2D eigenvalue weighted by molar-refractivity contribution is 0.108.